The molecule has 34 heavy (non-hydrogen) atoms. The summed E-state index contributed by atoms with van der Waals surface area (Å²) in [4.78, 5) is 29.0. The number of methoxy groups -OCH3 is 1. The number of hydrogen-bond acceptors (Lipinski definition) is 7. The highest BCUT2D eigenvalue weighted by atomic mass is 16.6. The van der Waals surface area contributed by atoms with Gasteiger partial charge in [-0.25, -0.2) is 4.79 Å². The number of carbonyl (C=O) groups is 2. The molecule has 1 aromatic heterocycles. The number of aromatic nitrogens is 1. The van der Waals surface area contributed by atoms with Crippen LogP contribution in [0.25, 0.3) is 17.0 Å². The molecule has 1 unspecified atom stereocenters. The number of amides is 2. The van der Waals surface area contributed by atoms with Gasteiger partial charge in [-0.2, -0.15) is 0 Å². The summed E-state index contributed by atoms with van der Waals surface area (Å²) in [5.41, 5.74) is 2.36. The third-order valence-electron chi connectivity index (χ3n) is 5.69. The summed E-state index contributed by atoms with van der Waals surface area (Å²) in [5, 5.41) is 6.47. The molecule has 2 aliphatic rings. The van der Waals surface area contributed by atoms with Gasteiger partial charge >= 0.3 is 6.09 Å². The van der Waals surface area contributed by atoms with Gasteiger partial charge < -0.3 is 29.6 Å². The highest BCUT2D eigenvalue weighted by Gasteiger charge is 2.33. The van der Waals surface area contributed by atoms with Gasteiger partial charge in [0.1, 0.15) is 25.1 Å². The number of nitrogens with one attached hydrogen (secondary N) is 2. The topological polar surface area (TPSA) is 108 Å². The first-order chi connectivity index (χ1) is 16.6. The largest absolute Gasteiger partial charge is 0.495 e. The second-order valence-electron chi connectivity index (χ2n) is 7.84. The van der Waals surface area contributed by atoms with Crippen molar-refractivity contribution in [2.24, 2.45) is 0 Å². The highest BCUT2D eigenvalue weighted by Crippen LogP contribution is 2.34. The molecule has 1 saturated heterocycles. The lowest BCUT2D eigenvalue weighted by Gasteiger charge is -2.25. The van der Waals surface area contributed by atoms with Crippen LogP contribution in [-0.2, 0) is 9.53 Å². The number of fused-ring (bicyclic) bond motifs is 2. The minimum atomic E-state index is -0.582. The van der Waals surface area contributed by atoms with Crippen LogP contribution in [0.4, 0.5) is 4.79 Å². The Morgan fingerprint density at radius 1 is 1.21 bits per heavy atom. The van der Waals surface area contributed by atoms with Gasteiger partial charge in [0.2, 0.25) is 5.91 Å². The SMILES string of the molecule is COc1cnc2cccc(/C=C/C(=O)N[C@H](c3ccc4c(c3)OCCO4)C3CNC(=O)O3)c2c1. The zero-order chi connectivity index (χ0) is 23.5. The van der Waals surface area contributed by atoms with Gasteiger partial charge in [0.05, 0.1) is 31.4 Å². The van der Waals surface area contributed by atoms with E-state index in [-0.39, 0.29) is 12.5 Å². The van der Waals surface area contributed by atoms with Gasteiger partial charge in [0, 0.05) is 11.5 Å². The normalized spacial score (nSPS) is 17.8. The summed E-state index contributed by atoms with van der Waals surface area (Å²) >= 11 is 0. The first-order valence-corrected chi connectivity index (χ1v) is 10.9. The number of pyridine rings is 1. The van der Waals surface area contributed by atoms with Crippen LogP contribution >= 0.6 is 0 Å². The van der Waals surface area contributed by atoms with E-state index in [0.29, 0.717) is 30.5 Å². The van der Waals surface area contributed by atoms with E-state index in [2.05, 4.69) is 15.6 Å². The Morgan fingerprint density at radius 2 is 2.06 bits per heavy atom. The molecule has 5 rings (SSSR count). The Bertz CT molecular complexity index is 1270. The molecule has 0 saturated carbocycles. The lowest BCUT2D eigenvalue weighted by molar-refractivity contribution is -0.117. The molecule has 0 aliphatic carbocycles. The molecular weight excluding hydrogens is 438 g/mol. The molecule has 2 amide bonds. The van der Waals surface area contributed by atoms with E-state index in [1.54, 1.807) is 31.5 Å². The zero-order valence-corrected chi connectivity index (χ0v) is 18.4. The maximum atomic E-state index is 12.9. The van der Waals surface area contributed by atoms with Crippen LogP contribution in [0.2, 0.25) is 0 Å². The molecule has 2 atom stereocenters. The van der Waals surface area contributed by atoms with Gasteiger partial charge in [-0.15, -0.1) is 0 Å². The van der Waals surface area contributed by atoms with Gasteiger partial charge in [-0.1, -0.05) is 18.2 Å². The summed E-state index contributed by atoms with van der Waals surface area (Å²) in [6.07, 6.45) is 3.73. The van der Waals surface area contributed by atoms with E-state index in [9.17, 15) is 9.59 Å². The second kappa shape index (κ2) is 9.30. The van der Waals surface area contributed by atoms with Gasteiger partial charge in [0.15, 0.2) is 11.5 Å². The lowest BCUT2D eigenvalue weighted by Crippen LogP contribution is -2.37. The van der Waals surface area contributed by atoms with Crippen molar-refractivity contribution in [1.29, 1.82) is 0 Å². The molecule has 0 radical (unpaired) electrons. The maximum absolute atomic E-state index is 12.9. The third kappa shape index (κ3) is 4.45. The van der Waals surface area contributed by atoms with Crippen molar-refractivity contribution in [3.63, 3.8) is 0 Å². The van der Waals surface area contributed by atoms with Crippen molar-refractivity contribution >= 4 is 29.0 Å². The lowest BCUT2D eigenvalue weighted by atomic mass is 10.00. The Kier molecular flexibility index (Phi) is 5.90. The van der Waals surface area contributed by atoms with Crippen molar-refractivity contribution in [3.8, 4) is 17.2 Å². The first-order valence-electron chi connectivity index (χ1n) is 10.9. The number of alkyl carbamates (subject to hydrolysis) is 1. The smallest absolute Gasteiger partial charge is 0.407 e. The predicted molar refractivity (Wildman–Crippen MR) is 124 cm³/mol. The summed E-state index contributed by atoms with van der Waals surface area (Å²) in [6, 6.07) is 12.4. The summed E-state index contributed by atoms with van der Waals surface area (Å²) < 4.78 is 21.9. The highest BCUT2D eigenvalue weighted by molar-refractivity contribution is 5.96. The fourth-order valence-corrected chi connectivity index (χ4v) is 4.01. The molecule has 2 aromatic carbocycles. The van der Waals surface area contributed by atoms with E-state index in [1.165, 1.54) is 6.08 Å². The maximum Gasteiger partial charge on any atom is 0.407 e. The number of carbonyl (C=O) groups excluding carboxylic acids is 2. The summed E-state index contributed by atoms with van der Waals surface area (Å²) in [7, 11) is 1.58. The monoisotopic (exact) mass is 461 g/mol. The fourth-order valence-electron chi connectivity index (χ4n) is 4.01. The molecule has 9 heteroatoms. The van der Waals surface area contributed by atoms with E-state index in [1.807, 2.05) is 30.3 Å². The average Bonchev–Trinajstić information content (AvgIpc) is 3.31. The van der Waals surface area contributed by atoms with E-state index < -0.39 is 18.2 Å². The zero-order valence-electron chi connectivity index (χ0n) is 18.4. The average molecular weight is 461 g/mol. The Morgan fingerprint density at radius 3 is 2.85 bits per heavy atom. The molecule has 0 bridgehead atoms. The number of cyclic esters (lactones) is 1. The van der Waals surface area contributed by atoms with Crippen molar-refractivity contribution in [3.05, 3.63) is 65.9 Å². The Hall–Kier alpha value is -4.27. The van der Waals surface area contributed by atoms with Gasteiger partial charge in [-0.3, -0.25) is 9.78 Å². The molecule has 174 valence electrons. The minimum absolute atomic E-state index is 0.275. The number of hydrogen-bond donors (Lipinski definition) is 2. The molecule has 1 fully saturated rings. The predicted octanol–water partition coefficient (Wildman–Crippen LogP) is 2.99. The Balaban J connectivity index is 1.40. The van der Waals surface area contributed by atoms with Crippen LogP contribution in [0.1, 0.15) is 17.2 Å². The van der Waals surface area contributed by atoms with Crippen LogP contribution in [0.3, 0.4) is 0 Å². The molecule has 2 N–H and O–H groups in total. The van der Waals surface area contributed by atoms with Gasteiger partial charge in [-0.05, 0) is 41.5 Å². The number of nitrogens with zero attached hydrogens (tertiary/aromatic N) is 1. The molecule has 2 aliphatic heterocycles. The summed E-state index contributed by atoms with van der Waals surface area (Å²) in [5.74, 6) is 1.53. The van der Waals surface area contributed by atoms with E-state index in [4.69, 9.17) is 18.9 Å². The molecular formula is C25H23N3O6. The fraction of sp³-hybridized carbons (Fsp3) is 0.240. The van der Waals surface area contributed by atoms with Crippen LogP contribution in [-0.4, -0.2) is 50.0 Å². The number of ether oxygens (including phenoxy) is 4. The van der Waals surface area contributed by atoms with Crippen LogP contribution in [0.5, 0.6) is 17.2 Å². The Labute approximate surface area is 195 Å². The quantitative estimate of drug-likeness (QED) is 0.544. The van der Waals surface area contributed by atoms with Crippen molar-refractivity contribution in [1.82, 2.24) is 15.6 Å². The van der Waals surface area contributed by atoms with E-state index >= 15 is 0 Å². The third-order valence-corrected chi connectivity index (χ3v) is 5.69. The number of rotatable bonds is 6. The standard InChI is InChI=1S/C25H23N3O6/c1-31-17-12-18-15(3-2-4-19(18)26-13-17)6-8-23(29)28-24(22-14-27-25(30)34-22)16-5-7-20-21(11-16)33-10-9-32-20/h2-8,11-13,22,24H,9-10,14H2,1H3,(H,27,30)(H,28,29)/b8-6+/t22?,24-/m1/s1. The first kappa shape index (κ1) is 21.6. The number of benzene rings is 2. The minimum Gasteiger partial charge on any atom is -0.495 e. The van der Waals surface area contributed by atoms with E-state index in [0.717, 1.165) is 22.0 Å². The van der Waals surface area contributed by atoms with Crippen molar-refractivity contribution < 1.29 is 28.5 Å². The van der Waals surface area contributed by atoms with Crippen LogP contribution in [0, 0.1) is 0 Å². The van der Waals surface area contributed by atoms with Crippen molar-refractivity contribution in [2.75, 3.05) is 26.9 Å². The molecule has 9 nitrogen and oxygen atoms in total. The molecule has 3 aromatic rings. The molecule has 3 heterocycles. The van der Waals surface area contributed by atoms with Crippen LogP contribution in [0.15, 0.2) is 54.7 Å². The van der Waals surface area contributed by atoms with Crippen LogP contribution < -0.4 is 24.8 Å². The summed E-state index contributed by atoms with van der Waals surface area (Å²) in [6.45, 7) is 1.20. The van der Waals surface area contributed by atoms with Crippen molar-refractivity contribution in [2.45, 2.75) is 12.1 Å². The van der Waals surface area contributed by atoms with Gasteiger partial charge in [0.25, 0.3) is 0 Å². The second-order valence-corrected chi connectivity index (χ2v) is 7.84. The molecule has 0 spiro atoms.